The van der Waals surface area contributed by atoms with Crippen molar-refractivity contribution in [3.8, 4) is 5.69 Å². The molecule has 1 aromatic heterocycles. The van der Waals surface area contributed by atoms with Gasteiger partial charge in [0.1, 0.15) is 5.82 Å². The van der Waals surface area contributed by atoms with Crippen LogP contribution < -0.4 is 5.43 Å². The average Bonchev–Trinajstić information content (AvgIpc) is 3.16. The molecule has 0 unspecified atom stereocenters. The number of hydrogen-bond acceptors (Lipinski definition) is 3. The monoisotopic (exact) mass is 384 g/mol. The Kier molecular flexibility index (Phi) is 4.68. The lowest BCUT2D eigenvalue weighted by molar-refractivity contribution is 0.0689. The first-order valence-electron chi connectivity index (χ1n) is 9.05. The number of halogens is 2. The molecule has 5 nitrogen and oxygen atoms in total. The van der Waals surface area contributed by atoms with Crippen molar-refractivity contribution in [3.63, 3.8) is 0 Å². The van der Waals surface area contributed by atoms with Crippen LogP contribution in [0.5, 0.6) is 0 Å². The summed E-state index contributed by atoms with van der Waals surface area (Å²) in [6.45, 7) is 2.53. The Balaban J connectivity index is 1.89. The minimum atomic E-state index is -1.69. The van der Waals surface area contributed by atoms with Crippen LogP contribution in [0.15, 0.2) is 47.3 Å². The van der Waals surface area contributed by atoms with E-state index in [0.717, 1.165) is 36.1 Å². The average molecular weight is 384 g/mol. The standard InChI is InChI=1S/C21H18F2N2O3/c22-15-11-13(12-24-9-3-4-10-24)7-8-17(15)25-16-6-2-1-5-14(16)19(26)18(20(25)23)21(27)28/h1-2,5-8,11H,3-4,9-10,12H2,(H,27,28). The molecule has 0 saturated carbocycles. The predicted molar refractivity (Wildman–Crippen MR) is 101 cm³/mol. The van der Waals surface area contributed by atoms with Gasteiger partial charge >= 0.3 is 5.97 Å². The molecule has 1 N–H and O–H groups in total. The van der Waals surface area contributed by atoms with Gasteiger partial charge < -0.3 is 5.11 Å². The van der Waals surface area contributed by atoms with Crippen LogP contribution in [0, 0.1) is 11.8 Å². The second-order valence-corrected chi connectivity index (χ2v) is 6.92. The fraction of sp³-hybridized carbons (Fsp3) is 0.238. The lowest BCUT2D eigenvalue weighted by atomic mass is 10.1. The third-order valence-electron chi connectivity index (χ3n) is 5.09. The highest BCUT2D eigenvalue weighted by Gasteiger charge is 2.24. The van der Waals surface area contributed by atoms with E-state index >= 15 is 4.39 Å². The molecule has 0 amide bonds. The van der Waals surface area contributed by atoms with Gasteiger partial charge in [-0.2, -0.15) is 4.39 Å². The Morgan fingerprint density at radius 3 is 2.46 bits per heavy atom. The topological polar surface area (TPSA) is 62.5 Å². The molecule has 7 heteroatoms. The molecule has 1 fully saturated rings. The minimum absolute atomic E-state index is 0.0156. The van der Waals surface area contributed by atoms with E-state index in [2.05, 4.69) is 4.90 Å². The Morgan fingerprint density at radius 1 is 1.07 bits per heavy atom. The summed E-state index contributed by atoms with van der Waals surface area (Å²) in [6, 6.07) is 10.4. The first kappa shape index (κ1) is 18.3. The third kappa shape index (κ3) is 3.07. The van der Waals surface area contributed by atoms with Crippen LogP contribution in [0.25, 0.3) is 16.6 Å². The van der Waals surface area contributed by atoms with Crippen LogP contribution >= 0.6 is 0 Å². The summed E-state index contributed by atoms with van der Waals surface area (Å²) < 4.78 is 30.8. The fourth-order valence-corrected chi connectivity index (χ4v) is 3.76. The van der Waals surface area contributed by atoms with Gasteiger partial charge in [-0.25, -0.2) is 9.18 Å². The molecule has 0 radical (unpaired) electrons. The maximum Gasteiger partial charge on any atom is 0.344 e. The quantitative estimate of drug-likeness (QED) is 0.699. The van der Waals surface area contributed by atoms with Gasteiger partial charge in [-0.3, -0.25) is 14.3 Å². The van der Waals surface area contributed by atoms with Gasteiger partial charge in [-0.15, -0.1) is 0 Å². The highest BCUT2D eigenvalue weighted by molar-refractivity contribution is 5.93. The largest absolute Gasteiger partial charge is 0.477 e. The summed E-state index contributed by atoms with van der Waals surface area (Å²) in [7, 11) is 0. The molecule has 0 aliphatic carbocycles. The number of carbonyl (C=O) groups is 1. The predicted octanol–water partition coefficient (Wildman–Crippen LogP) is 3.56. The van der Waals surface area contributed by atoms with Gasteiger partial charge in [-0.05, 0) is 55.8 Å². The van der Waals surface area contributed by atoms with Crippen molar-refractivity contribution in [3.05, 3.63) is 75.6 Å². The number of carboxylic acid groups (broad SMARTS) is 1. The smallest absolute Gasteiger partial charge is 0.344 e. The van der Waals surface area contributed by atoms with E-state index in [4.69, 9.17) is 0 Å². The highest BCUT2D eigenvalue weighted by Crippen LogP contribution is 2.24. The number of benzene rings is 2. The van der Waals surface area contributed by atoms with Crippen LogP contribution in [-0.4, -0.2) is 33.6 Å². The lowest BCUT2D eigenvalue weighted by Crippen LogP contribution is -2.23. The van der Waals surface area contributed by atoms with Crippen LogP contribution in [0.4, 0.5) is 8.78 Å². The van der Waals surface area contributed by atoms with Gasteiger partial charge in [0.05, 0.1) is 11.2 Å². The van der Waals surface area contributed by atoms with Gasteiger partial charge in [0.15, 0.2) is 5.56 Å². The summed E-state index contributed by atoms with van der Waals surface area (Å²) >= 11 is 0. The molecule has 1 aliphatic rings. The number of para-hydroxylation sites is 1. The normalized spacial score (nSPS) is 14.6. The number of pyridine rings is 1. The van der Waals surface area contributed by atoms with Gasteiger partial charge in [0.2, 0.25) is 11.4 Å². The van der Waals surface area contributed by atoms with Gasteiger partial charge in [0, 0.05) is 11.9 Å². The van der Waals surface area contributed by atoms with E-state index in [1.807, 2.05) is 0 Å². The molecule has 0 atom stereocenters. The molecule has 28 heavy (non-hydrogen) atoms. The molecule has 3 aromatic rings. The van der Waals surface area contributed by atoms with Crippen molar-refractivity contribution in [2.24, 2.45) is 0 Å². The van der Waals surface area contributed by atoms with E-state index in [9.17, 15) is 19.1 Å². The molecule has 1 aliphatic heterocycles. The second kappa shape index (κ2) is 7.16. The molecule has 144 valence electrons. The van der Waals surface area contributed by atoms with Crippen molar-refractivity contribution in [2.45, 2.75) is 19.4 Å². The number of aromatic carboxylic acids is 1. The number of hydrogen-bond donors (Lipinski definition) is 1. The number of rotatable bonds is 4. The zero-order valence-electron chi connectivity index (χ0n) is 15.0. The number of likely N-dealkylation sites (tertiary alicyclic amines) is 1. The van der Waals surface area contributed by atoms with Crippen LogP contribution in [0.1, 0.15) is 28.8 Å². The second-order valence-electron chi connectivity index (χ2n) is 6.92. The van der Waals surface area contributed by atoms with Crippen molar-refractivity contribution >= 4 is 16.9 Å². The van der Waals surface area contributed by atoms with Crippen molar-refractivity contribution in [2.75, 3.05) is 13.1 Å². The van der Waals surface area contributed by atoms with Crippen LogP contribution in [0.3, 0.4) is 0 Å². The Morgan fingerprint density at radius 2 is 1.79 bits per heavy atom. The number of fused-ring (bicyclic) bond motifs is 1. The van der Waals surface area contributed by atoms with Gasteiger partial charge in [-0.1, -0.05) is 18.2 Å². The summed E-state index contributed by atoms with van der Waals surface area (Å²) in [4.78, 5) is 26.0. The Bertz CT molecular complexity index is 1130. The molecule has 0 spiro atoms. The molecule has 0 bridgehead atoms. The zero-order valence-corrected chi connectivity index (χ0v) is 15.0. The van der Waals surface area contributed by atoms with E-state index in [1.54, 1.807) is 18.2 Å². The van der Waals surface area contributed by atoms with Crippen molar-refractivity contribution in [1.29, 1.82) is 0 Å². The molecule has 2 aromatic carbocycles. The lowest BCUT2D eigenvalue weighted by Gasteiger charge is -2.17. The number of nitrogens with zero attached hydrogens (tertiary/aromatic N) is 2. The molecule has 4 rings (SSSR count). The SMILES string of the molecule is O=C(O)c1c(F)n(-c2ccc(CN3CCCC3)cc2F)c2ccccc2c1=O. The Hall–Kier alpha value is -3.06. The Labute approximate surface area is 159 Å². The first-order chi connectivity index (χ1) is 13.5. The number of carboxylic acids is 1. The van der Waals surface area contributed by atoms with E-state index < -0.39 is 28.7 Å². The van der Waals surface area contributed by atoms with Crippen molar-refractivity contribution in [1.82, 2.24) is 9.47 Å². The molecule has 1 saturated heterocycles. The molecular weight excluding hydrogens is 366 g/mol. The summed E-state index contributed by atoms with van der Waals surface area (Å²) in [5.74, 6) is -3.66. The van der Waals surface area contributed by atoms with Crippen LogP contribution in [-0.2, 0) is 6.54 Å². The zero-order chi connectivity index (χ0) is 19.8. The summed E-state index contributed by atoms with van der Waals surface area (Å²) in [5, 5.41) is 9.31. The molecular formula is C21H18F2N2O3. The van der Waals surface area contributed by atoms with Gasteiger partial charge in [0.25, 0.3) is 0 Å². The van der Waals surface area contributed by atoms with Crippen LogP contribution in [0.2, 0.25) is 0 Å². The third-order valence-corrected chi connectivity index (χ3v) is 5.09. The van der Waals surface area contributed by atoms with E-state index in [0.29, 0.717) is 6.54 Å². The summed E-state index contributed by atoms with van der Waals surface area (Å²) in [6.07, 6.45) is 2.24. The fourth-order valence-electron chi connectivity index (χ4n) is 3.76. The maximum atomic E-state index is 15.0. The molecule has 2 heterocycles. The summed E-state index contributed by atoms with van der Waals surface area (Å²) in [5.41, 5.74) is -1.20. The van der Waals surface area contributed by atoms with E-state index in [-0.39, 0.29) is 16.6 Å². The highest BCUT2D eigenvalue weighted by atomic mass is 19.1. The van der Waals surface area contributed by atoms with Crippen molar-refractivity contribution < 1.29 is 18.7 Å². The minimum Gasteiger partial charge on any atom is -0.477 e. The maximum absolute atomic E-state index is 15.0. The number of aromatic nitrogens is 1. The first-order valence-corrected chi connectivity index (χ1v) is 9.05. The van der Waals surface area contributed by atoms with E-state index in [1.165, 1.54) is 24.3 Å².